The van der Waals surface area contributed by atoms with E-state index in [-0.39, 0.29) is 12.2 Å². The monoisotopic (exact) mass is 252 g/mol. The molecule has 1 aliphatic carbocycles. The van der Waals surface area contributed by atoms with Gasteiger partial charge in [0.2, 0.25) is 0 Å². The van der Waals surface area contributed by atoms with Crippen LogP contribution in [-0.4, -0.2) is 43.2 Å². The van der Waals surface area contributed by atoms with Gasteiger partial charge in [0, 0.05) is 6.20 Å². The summed E-state index contributed by atoms with van der Waals surface area (Å²) >= 11 is 0. The first kappa shape index (κ1) is 11.7. The average molecular weight is 252 g/mol. The lowest BCUT2D eigenvalue weighted by molar-refractivity contribution is -0.0247. The van der Waals surface area contributed by atoms with Crippen LogP contribution >= 0.6 is 0 Å². The molecule has 1 saturated carbocycles. The molecule has 0 aromatic carbocycles. The molecule has 1 fully saturated rings. The van der Waals surface area contributed by atoms with Gasteiger partial charge in [-0.1, -0.05) is 0 Å². The Morgan fingerprint density at radius 1 is 1.33 bits per heavy atom. The summed E-state index contributed by atoms with van der Waals surface area (Å²) < 4.78 is 1.76. The highest BCUT2D eigenvalue weighted by Crippen LogP contribution is 2.34. The van der Waals surface area contributed by atoms with Crippen LogP contribution in [0.15, 0.2) is 12.5 Å². The van der Waals surface area contributed by atoms with Gasteiger partial charge in [0.15, 0.2) is 0 Å². The van der Waals surface area contributed by atoms with E-state index in [9.17, 15) is 15.3 Å². The number of fused-ring (bicyclic) bond motifs is 1. The van der Waals surface area contributed by atoms with Gasteiger partial charge in [0.25, 0.3) is 0 Å². The van der Waals surface area contributed by atoms with Crippen LogP contribution in [0.1, 0.15) is 30.0 Å². The largest absolute Gasteiger partial charge is 0.390 e. The highest BCUT2D eigenvalue weighted by atomic mass is 16.4. The van der Waals surface area contributed by atoms with Crippen molar-refractivity contribution in [1.82, 2.24) is 14.9 Å². The minimum atomic E-state index is -1.12. The maximum absolute atomic E-state index is 9.94. The number of aliphatic hydroxyl groups excluding tert-OH is 3. The number of imidazole rings is 1. The molecular formula is C11H16N4O3. The summed E-state index contributed by atoms with van der Waals surface area (Å²) in [6.07, 6.45) is 2.00. The fourth-order valence-electron chi connectivity index (χ4n) is 2.63. The summed E-state index contributed by atoms with van der Waals surface area (Å²) in [5.41, 5.74) is 7.34. The maximum Gasteiger partial charge on any atom is 0.120 e. The molecule has 1 aliphatic heterocycles. The van der Waals surface area contributed by atoms with Crippen LogP contribution in [-0.2, 0) is 0 Å². The Labute approximate surface area is 104 Å². The fourth-order valence-corrected chi connectivity index (χ4v) is 2.63. The van der Waals surface area contributed by atoms with Crippen LogP contribution in [0, 0.1) is 0 Å². The summed E-state index contributed by atoms with van der Waals surface area (Å²) in [7, 11) is 0. The SMILES string of the molecule is NC1NC=Cc2c1ncn2[C@H]1C[C@@H](O)[C@H](O)[C@@H]1O. The molecule has 0 bridgehead atoms. The number of nitrogens with two attached hydrogens (primary N) is 1. The Morgan fingerprint density at radius 2 is 2.11 bits per heavy atom. The van der Waals surface area contributed by atoms with E-state index in [1.165, 1.54) is 0 Å². The smallest absolute Gasteiger partial charge is 0.120 e. The second-order valence-electron chi connectivity index (χ2n) is 4.75. The molecule has 5 atom stereocenters. The molecule has 7 nitrogen and oxygen atoms in total. The zero-order chi connectivity index (χ0) is 12.9. The minimum Gasteiger partial charge on any atom is -0.390 e. The number of aliphatic hydroxyl groups is 3. The quantitative estimate of drug-likeness (QED) is 0.413. The highest BCUT2D eigenvalue weighted by molar-refractivity contribution is 5.51. The summed E-state index contributed by atoms with van der Waals surface area (Å²) in [6.45, 7) is 0. The summed E-state index contributed by atoms with van der Waals surface area (Å²) in [6, 6.07) is -0.388. The predicted octanol–water partition coefficient (Wildman–Crippen LogP) is -1.56. The van der Waals surface area contributed by atoms with Crippen LogP contribution < -0.4 is 11.1 Å². The van der Waals surface area contributed by atoms with Gasteiger partial charge in [-0.15, -0.1) is 0 Å². The second-order valence-corrected chi connectivity index (χ2v) is 4.75. The van der Waals surface area contributed by atoms with Crippen LogP contribution in [0.25, 0.3) is 6.08 Å². The van der Waals surface area contributed by atoms with Gasteiger partial charge in [0.1, 0.15) is 24.1 Å². The molecule has 1 aromatic rings. The molecule has 2 aliphatic rings. The summed E-state index contributed by atoms with van der Waals surface area (Å²) in [4.78, 5) is 4.22. The van der Waals surface area contributed by atoms with Crippen molar-refractivity contribution in [3.63, 3.8) is 0 Å². The van der Waals surface area contributed by atoms with E-state index in [4.69, 9.17) is 5.73 Å². The van der Waals surface area contributed by atoms with E-state index in [1.54, 1.807) is 17.1 Å². The molecule has 0 amide bonds. The topological polar surface area (TPSA) is 117 Å². The lowest BCUT2D eigenvalue weighted by atomic mass is 10.1. The third-order valence-electron chi connectivity index (χ3n) is 3.65. The number of hydrogen-bond acceptors (Lipinski definition) is 6. The van der Waals surface area contributed by atoms with Crippen molar-refractivity contribution in [3.05, 3.63) is 23.9 Å². The van der Waals surface area contributed by atoms with Crippen molar-refractivity contribution in [2.45, 2.75) is 36.9 Å². The number of rotatable bonds is 1. The Hall–Kier alpha value is -1.41. The Balaban J connectivity index is 1.98. The number of aromatic nitrogens is 2. The van der Waals surface area contributed by atoms with Gasteiger partial charge in [-0.05, 0) is 12.5 Å². The van der Waals surface area contributed by atoms with E-state index < -0.39 is 18.3 Å². The van der Waals surface area contributed by atoms with Crippen molar-refractivity contribution in [2.75, 3.05) is 0 Å². The second kappa shape index (κ2) is 4.06. The molecule has 3 rings (SSSR count). The summed E-state index contributed by atoms with van der Waals surface area (Å²) in [5, 5.41) is 32.1. The van der Waals surface area contributed by atoms with Gasteiger partial charge in [0.05, 0.1) is 24.2 Å². The molecule has 1 unspecified atom stereocenters. The lowest BCUT2D eigenvalue weighted by Crippen LogP contribution is -2.32. The van der Waals surface area contributed by atoms with Crippen molar-refractivity contribution >= 4 is 6.08 Å². The maximum atomic E-state index is 9.94. The Kier molecular flexibility index (Phi) is 2.63. The van der Waals surface area contributed by atoms with E-state index >= 15 is 0 Å². The van der Waals surface area contributed by atoms with E-state index in [2.05, 4.69) is 10.3 Å². The number of nitrogens with one attached hydrogen (secondary N) is 1. The van der Waals surface area contributed by atoms with Gasteiger partial charge in [-0.3, -0.25) is 0 Å². The third-order valence-corrected chi connectivity index (χ3v) is 3.65. The van der Waals surface area contributed by atoms with Crippen LogP contribution in [0.2, 0.25) is 0 Å². The normalized spacial score (nSPS) is 38.6. The van der Waals surface area contributed by atoms with Crippen molar-refractivity contribution in [1.29, 1.82) is 0 Å². The van der Waals surface area contributed by atoms with E-state index in [1.807, 2.05) is 6.08 Å². The predicted molar refractivity (Wildman–Crippen MR) is 63.0 cm³/mol. The molecular weight excluding hydrogens is 236 g/mol. The van der Waals surface area contributed by atoms with Crippen molar-refractivity contribution in [3.8, 4) is 0 Å². The molecule has 0 saturated heterocycles. The molecule has 98 valence electrons. The zero-order valence-corrected chi connectivity index (χ0v) is 9.64. The van der Waals surface area contributed by atoms with Crippen molar-refractivity contribution in [2.24, 2.45) is 5.73 Å². The number of nitrogens with zero attached hydrogens (tertiary/aromatic N) is 2. The van der Waals surface area contributed by atoms with Crippen LogP contribution in [0.5, 0.6) is 0 Å². The first-order chi connectivity index (χ1) is 8.59. The van der Waals surface area contributed by atoms with Crippen LogP contribution in [0.3, 0.4) is 0 Å². The first-order valence-electron chi connectivity index (χ1n) is 5.88. The Bertz CT molecular complexity index is 487. The molecule has 6 N–H and O–H groups in total. The van der Waals surface area contributed by atoms with Crippen LogP contribution in [0.4, 0.5) is 0 Å². The zero-order valence-electron chi connectivity index (χ0n) is 9.64. The average Bonchev–Trinajstić information content (AvgIpc) is 2.88. The first-order valence-corrected chi connectivity index (χ1v) is 5.88. The van der Waals surface area contributed by atoms with E-state index in [0.717, 1.165) is 5.69 Å². The highest BCUT2D eigenvalue weighted by Gasteiger charge is 2.42. The molecule has 0 spiro atoms. The van der Waals surface area contributed by atoms with Gasteiger partial charge >= 0.3 is 0 Å². The Morgan fingerprint density at radius 3 is 2.78 bits per heavy atom. The summed E-state index contributed by atoms with van der Waals surface area (Å²) in [5.74, 6) is 0. The molecule has 1 aromatic heterocycles. The number of hydrogen-bond donors (Lipinski definition) is 5. The molecule has 7 heteroatoms. The molecule has 0 radical (unpaired) electrons. The fraction of sp³-hybridized carbons (Fsp3) is 0.545. The van der Waals surface area contributed by atoms with Crippen molar-refractivity contribution < 1.29 is 15.3 Å². The van der Waals surface area contributed by atoms with Gasteiger partial charge in [-0.2, -0.15) is 0 Å². The molecule has 2 heterocycles. The molecule has 18 heavy (non-hydrogen) atoms. The van der Waals surface area contributed by atoms with E-state index in [0.29, 0.717) is 12.1 Å². The standard InChI is InChI=1S/C11H16N4O3/c12-11-8-5(1-2-13-11)15(4-14-8)6-3-7(16)10(18)9(6)17/h1-2,4,6-7,9-11,13,16-18H,3,12H2/t6-,7+,9+,10-,11?/m0/s1. The minimum absolute atomic E-state index is 0.293. The van der Waals surface area contributed by atoms with Gasteiger partial charge in [-0.25, -0.2) is 4.98 Å². The lowest BCUT2D eigenvalue weighted by Gasteiger charge is -2.22. The third kappa shape index (κ3) is 1.56. The van der Waals surface area contributed by atoms with Gasteiger partial charge < -0.3 is 30.9 Å².